The standard InChI is InChI=1S/C26H25ClN4O2S/c1-17-4-10-21(11-5-17)31-25(33)23-22(12-14-34-23)29-26(31)30-13-2-3-19(16-30)24(32)28-15-18-6-8-20(27)9-7-18/h4-12,14,19H,2-3,13,15-16H2,1H3,(H,28,32). The van der Waals surface area contributed by atoms with Crippen LogP contribution in [0.4, 0.5) is 5.95 Å². The van der Waals surface area contributed by atoms with Gasteiger partial charge in [0.2, 0.25) is 11.9 Å². The molecule has 1 unspecified atom stereocenters. The first-order valence-electron chi connectivity index (χ1n) is 11.3. The Kier molecular flexibility index (Phi) is 6.39. The minimum Gasteiger partial charge on any atom is -0.352 e. The number of hydrogen-bond donors (Lipinski definition) is 1. The Morgan fingerprint density at radius 2 is 1.91 bits per heavy atom. The molecule has 2 aromatic carbocycles. The zero-order valence-electron chi connectivity index (χ0n) is 18.8. The number of carbonyl (C=O) groups is 1. The molecule has 1 atom stereocenters. The van der Waals surface area contributed by atoms with E-state index in [1.165, 1.54) is 11.3 Å². The van der Waals surface area contributed by atoms with E-state index in [0.717, 1.165) is 36.2 Å². The highest BCUT2D eigenvalue weighted by molar-refractivity contribution is 7.17. The van der Waals surface area contributed by atoms with Gasteiger partial charge in [0.25, 0.3) is 5.56 Å². The van der Waals surface area contributed by atoms with Gasteiger partial charge in [0.15, 0.2) is 0 Å². The molecule has 0 saturated carbocycles. The Hall–Kier alpha value is -3.16. The van der Waals surface area contributed by atoms with Gasteiger partial charge in [-0.25, -0.2) is 9.55 Å². The van der Waals surface area contributed by atoms with Crippen LogP contribution in [0.25, 0.3) is 15.9 Å². The number of aryl methyl sites for hydroxylation is 1. The van der Waals surface area contributed by atoms with Crippen molar-refractivity contribution in [1.82, 2.24) is 14.9 Å². The first kappa shape index (κ1) is 22.6. The highest BCUT2D eigenvalue weighted by atomic mass is 35.5. The van der Waals surface area contributed by atoms with Gasteiger partial charge in [-0.05, 0) is 61.0 Å². The normalized spacial score (nSPS) is 16.1. The Morgan fingerprint density at radius 3 is 2.68 bits per heavy atom. The Labute approximate surface area is 206 Å². The molecule has 0 bridgehead atoms. The lowest BCUT2D eigenvalue weighted by molar-refractivity contribution is -0.125. The third kappa shape index (κ3) is 4.58. The molecule has 1 aliphatic rings. The van der Waals surface area contributed by atoms with Gasteiger partial charge in [-0.1, -0.05) is 41.4 Å². The van der Waals surface area contributed by atoms with E-state index in [1.54, 1.807) is 4.57 Å². The van der Waals surface area contributed by atoms with Crippen LogP contribution in [0.5, 0.6) is 0 Å². The number of fused-ring (bicyclic) bond motifs is 1. The van der Waals surface area contributed by atoms with E-state index in [1.807, 2.05) is 66.9 Å². The number of carbonyl (C=O) groups excluding carboxylic acids is 1. The molecule has 0 radical (unpaired) electrons. The molecule has 1 N–H and O–H groups in total. The van der Waals surface area contributed by atoms with Crippen LogP contribution in [0.2, 0.25) is 5.02 Å². The van der Waals surface area contributed by atoms with Crippen LogP contribution in [0.15, 0.2) is 64.8 Å². The maximum atomic E-state index is 13.5. The lowest BCUT2D eigenvalue weighted by Crippen LogP contribution is -2.45. The number of nitrogens with zero attached hydrogens (tertiary/aromatic N) is 3. The Bertz CT molecular complexity index is 1380. The van der Waals surface area contributed by atoms with Crippen molar-refractivity contribution >= 4 is 45.0 Å². The van der Waals surface area contributed by atoms with Crippen molar-refractivity contribution in [2.75, 3.05) is 18.0 Å². The van der Waals surface area contributed by atoms with Crippen LogP contribution in [0, 0.1) is 12.8 Å². The van der Waals surface area contributed by atoms with Gasteiger partial charge in [-0.15, -0.1) is 11.3 Å². The first-order chi connectivity index (χ1) is 16.5. The third-order valence-corrected chi connectivity index (χ3v) is 7.35. The molecule has 3 heterocycles. The number of piperidine rings is 1. The van der Waals surface area contributed by atoms with Crippen LogP contribution < -0.4 is 15.8 Å². The summed E-state index contributed by atoms with van der Waals surface area (Å²) in [5, 5.41) is 5.62. The number of amides is 1. The second-order valence-corrected chi connectivity index (χ2v) is 10.0. The molecule has 5 rings (SSSR count). The maximum absolute atomic E-state index is 13.5. The van der Waals surface area contributed by atoms with E-state index >= 15 is 0 Å². The molecule has 0 aliphatic carbocycles. The fourth-order valence-corrected chi connectivity index (χ4v) is 5.23. The van der Waals surface area contributed by atoms with Crippen LogP contribution in [0.1, 0.15) is 24.0 Å². The van der Waals surface area contributed by atoms with E-state index in [-0.39, 0.29) is 17.4 Å². The molecule has 6 nitrogen and oxygen atoms in total. The highest BCUT2D eigenvalue weighted by Gasteiger charge is 2.29. The van der Waals surface area contributed by atoms with Crippen LogP contribution in [0.3, 0.4) is 0 Å². The molecule has 34 heavy (non-hydrogen) atoms. The van der Waals surface area contributed by atoms with Crippen molar-refractivity contribution in [3.63, 3.8) is 0 Å². The quantitative estimate of drug-likeness (QED) is 0.428. The van der Waals surface area contributed by atoms with Crippen LogP contribution in [-0.4, -0.2) is 28.5 Å². The summed E-state index contributed by atoms with van der Waals surface area (Å²) in [6.07, 6.45) is 1.66. The fraction of sp³-hybridized carbons (Fsp3) is 0.269. The smallest absolute Gasteiger partial charge is 0.277 e. The Balaban J connectivity index is 1.42. The van der Waals surface area contributed by atoms with Gasteiger partial charge in [-0.2, -0.15) is 0 Å². The molecule has 4 aromatic rings. The summed E-state index contributed by atoms with van der Waals surface area (Å²) in [7, 11) is 0. The lowest BCUT2D eigenvalue weighted by Gasteiger charge is -2.34. The van der Waals surface area contributed by atoms with Crippen molar-refractivity contribution in [3.8, 4) is 5.69 Å². The van der Waals surface area contributed by atoms with E-state index in [4.69, 9.17) is 16.6 Å². The topological polar surface area (TPSA) is 67.2 Å². The first-order valence-corrected chi connectivity index (χ1v) is 12.6. The van der Waals surface area contributed by atoms with Gasteiger partial charge in [0, 0.05) is 24.7 Å². The van der Waals surface area contributed by atoms with Gasteiger partial charge < -0.3 is 10.2 Å². The largest absolute Gasteiger partial charge is 0.352 e. The molecule has 1 saturated heterocycles. The predicted molar refractivity (Wildman–Crippen MR) is 138 cm³/mol. The van der Waals surface area contributed by atoms with Gasteiger partial charge in [-0.3, -0.25) is 9.59 Å². The number of thiophene rings is 1. The predicted octanol–water partition coefficient (Wildman–Crippen LogP) is 4.94. The summed E-state index contributed by atoms with van der Waals surface area (Å²) in [4.78, 5) is 33.4. The second kappa shape index (κ2) is 9.60. The molecular formula is C26H25ClN4O2S. The van der Waals surface area contributed by atoms with Gasteiger partial charge in [0.05, 0.1) is 17.1 Å². The molecule has 1 aliphatic heterocycles. The van der Waals surface area contributed by atoms with Crippen molar-refractivity contribution in [2.24, 2.45) is 5.92 Å². The molecule has 1 amide bonds. The lowest BCUT2D eigenvalue weighted by atomic mass is 9.97. The SMILES string of the molecule is Cc1ccc(-n2c(N3CCCC(C(=O)NCc4ccc(Cl)cc4)C3)nc3ccsc3c2=O)cc1. The van der Waals surface area contributed by atoms with E-state index in [9.17, 15) is 9.59 Å². The third-order valence-electron chi connectivity index (χ3n) is 6.21. The minimum atomic E-state index is -0.178. The van der Waals surface area contributed by atoms with E-state index < -0.39 is 0 Å². The maximum Gasteiger partial charge on any atom is 0.277 e. The van der Waals surface area contributed by atoms with Crippen LogP contribution in [-0.2, 0) is 11.3 Å². The number of halogens is 1. The summed E-state index contributed by atoms with van der Waals surface area (Å²) < 4.78 is 2.32. The molecule has 0 spiro atoms. The van der Waals surface area contributed by atoms with Crippen molar-refractivity contribution < 1.29 is 4.79 Å². The summed E-state index contributed by atoms with van der Waals surface area (Å²) in [5.74, 6) is 0.429. The number of benzene rings is 2. The minimum absolute atomic E-state index is 0.0143. The molecule has 1 fully saturated rings. The van der Waals surface area contributed by atoms with E-state index in [2.05, 4.69) is 10.2 Å². The molecule has 2 aromatic heterocycles. The number of anilines is 1. The average molecular weight is 493 g/mol. The molecular weight excluding hydrogens is 468 g/mol. The zero-order chi connectivity index (χ0) is 23.7. The fourth-order valence-electron chi connectivity index (χ4n) is 4.35. The number of rotatable bonds is 5. The highest BCUT2D eigenvalue weighted by Crippen LogP contribution is 2.27. The summed E-state index contributed by atoms with van der Waals surface area (Å²) in [5.41, 5.74) is 3.53. The monoisotopic (exact) mass is 492 g/mol. The van der Waals surface area contributed by atoms with Gasteiger partial charge in [0.1, 0.15) is 4.70 Å². The Morgan fingerprint density at radius 1 is 1.15 bits per heavy atom. The van der Waals surface area contributed by atoms with E-state index in [0.29, 0.717) is 34.3 Å². The zero-order valence-corrected chi connectivity index (χ0v) is 20.4. The van der Waals surface area contributed by atoms with Gasteiger partial charge >= 0.3 is 0 Å². The molecule has 174 valence electrons. The number of nitrogens with one attached hydrogen (secondary N) is 1. The molecule has 8 heteroatoms. The average Bonchev–Trinajstić information content (AvgIpc) is 3.33. The van der Waals surface area contributed by atoms with Crippen LogP contribution >= 0.6 is 22.9 Å². The number of aromatic nitrogens is 2. The summed E-state index contributed by atoms with van der Waals surface area (Å²) in [6, 6.07) is 17.2. The summed E-state index contributed by atoms with van der Waals surface area (Å²) >= 11 is 7.36. The summed E-state index contributed by atoms with van der Waals surface area (Å²) in [6.45, 7) is 3.74. The van der Waals surface area contributed by atoms with Crippen molar-refractivity contribution in [3.05, 3.63) is 86.5 Å². The second-order valence-electron chi connectivity index (χ2n) is 8.65. The number of hydrogen-bond acceptors (Lipinski definition) is 5. The van der Waals surface area contributed by atoms with Crippen molar-refractivity contribution in [1.29, 1.82) is 0 Å². The van der Waals surface area contributed by atoms with Crippen molar-refractivity contribution in [2.45, 2.75) is 26.3 Å².